The quantitative estimate of drug-likeness (QED) is 0.679. The SMILES string of the molecule is COc1ccc(N2C[C@@H](C(=O)NCc3cncc(-c4ccsc4)c3)CC2=O)cc1. The molecule has 6 nitrogen and oxygen atoms in total. The molecule has 1 saturated heterocycles. The highest BCUT2D eigenvalue weighted by Crippen LogP contribution is 2.27. The van der Waals surface area contributed by atoms with Crippen molar-refractivity contribution >= 4 is 28.8 Å². The second-order valence-electron chi connectivity index (χ2n) is 6.92. The molecular formula is C22H21N3O3S. The van der Waals surface area contributed by atoms with Gasteiger partial charge in [-0.3, -0.25) is 14.6 Å². The van der Waals surface area contributed by atoms with Gasteiger partial charge in [-0.25, -0.2) is 0 Å². The molecule has 29 heavy (non-hydrogen) atoms. The van der Waals surface area contributed by atoms with Gasteiger partial charge < -0.3 is 15.0 Å². The number of carbonyl (C=O) groups is 2. The Labute approximate surface area is 173 Å². The molecule has 0 aliphatic carbocycles. The normalized spacial score (nSPS) is 16.1. The average Bonchev–Trinajstić information content (AvgIpc) is 3.42. The van der Waals surface area contributed by atoms with Gasteiger partial charge in [0.25, 0.3) is 0 Å². The number of amides is 2. The maximum absolute atomic E-state index is 12.6. The van der Waals surface area contributed by atoms with Gasteiger partial charge in [0.05, 0.1) is 13.0 Å². The van der Waals surface area contributed by atoms with Crippen LogP contribution >= 0.6 is 11.3 Å². The van der Waals surface area contributed by atoms with Crippen molar-refractivity contribution in [3.63, 3.8) is 0 Å². The van der Waals surface area contributed by atoms with Crippen molar-refractivity contribution in [2.24, 2.45) is 5.92 Å². The zero-order chi connectivity index (χ0) is 20.2. The molecule has 1 aromatic carbocycles. The van der Waals surface area contributed by atoms with E-state index in [-0.39, 0.29) is 24.2 Å². The minimum atomic E-state index is -0.363. The summed E-state index contributed by atoms with van der Waals surface area (Å²) in [6.45, 7) is 0.765. The van der Waals surface area contributed by atoms with Crippen LogP contribution in [0.5, 0.6) is 5.75 Å². The summed E-state index contributed by atoms with van der Waals surface area (Å²) < 4.78 is 5.15. The Morgan fingerprint density at radius 2 is 2.07 bits per heavy atom. The number of aromatic nitrogens is 1. The van der Waals surface area contributed by atoms with Gasteiger partial charge in [0, 0.05) is 43.2 Å². The van der Waals surface area contributed by atoms with Gasteiger partial charge in [-0.15, -0.1) is 0 Å². The molecule has 2 amide bonds. The molecule has 0 radical (unpaired) electrons. The minimum absolute atomic E-state index is 0.0450. The van der Waals surface area contributed by atoms with E-state index in [0.717, 1.165) is 28.1 Å². The number of anilines is 1. The monoisotopic (exact) mass is 407 g/mol. The lowest BCUT2D eigenvalue weighted by atomic mass is 10.1. The van der Waals surface area contributed by atoms with Crippen LogP contribution in [-0.2, 0) is 16.1 Å². The number of nitrogens with one attached hydrogen (secondary N) is 1. The third-order valence-corrected chi connectivity index (χ3v) is 5.68. The van der Waals surface area contributed by atoms with E-state index in [9.17, 15) is 9.59 Å². The summed E-state index contributed by atoms with van der Waals surface area (Å²) in [5.41, 5.74) is 3.85. The minimum Gasteiger partial charge on any atom is -0.497 e. The van der Waals surface area contributed by atoms with Gasteiger partial charge in [0.1, 0.15) is 5.75 Å². The number of nitrogens with zero attached hydrogens (tertiary/aromatic N) is 2. The third kappa shape index (κ3) is 4.30. The number of benzene rings is 1. The van der Waals surface area contributed by atoms with Gasteiger partial charge in [0.2, 0.25) is 11.8 Å². The van der Waals surface area contributed by atoms with Gasteiger partial charge >= 0.3 is 0 Å². The van der Waals surface area contributed by atoms with Crippen molar-refractivity contribution in [3.8, 4) is 16.9 Å². The number of methoxy groups -OCH3 is 1. The number of pyridine rings is 1. The number of thiophene rings is 1. The number of carbonyl (C=O) groups excluding carboxylic acids is 2. The molecule has 4 rings (SSSR count). The molecule has 7 heteroatoms. The Kier molecular flexibility index (Phi) is 5.57. The molecule has 148 valence electrons. The van der Waals surface area contributed by atoms with Crippen LogP contribution in [0.2, 0.25) is 0 Å². The van der Waals surface area contributed by atoms with Crippen LogP contribution in [0.1, 0.15) is 12.0 Å². The maximum Gasteiger partial charge on any atom is 0.227 e. The van der Waals surface area contributed by atoms with E-state index in [2.05, 4.69) is 15.7 Å². The van der Waals surface area contributed by atoms with E-state index in [1.165, 1.54) is 0 Å². The fraction of sp³-hybridized carbons (Fsp3) is 0.227. The van der Waals surface area contributed by atoms with E-state index >= 15 is 0 Å². The van der Waals surface area contributed by atoms with Crippen molar-refractivity contribution in [1.29, 1.82) is 0 Å². The lowest BCUT2D eigenvalue weighted by Crippen LogP contribution is -2.32. The van der Waals surface area contributed by atoms with Crippen molar-refractivity contribution < 1.29 is 14.3 Å². The first kappa shape index (κ1) is 19.1. The van der Waals surface area contributed by atoms with Gasteiger partial charge in [0.15, 0.2) is 0 Å². The first-order chi connectivity index (χ1) is 14.1. The van der Waals surface area contributed by atoms with Crippen LogP contribution in [0.4, 0.5) is 5.69 Å². The second-order valence-corrected chi connectivity index (χ2v) is 7.70. The predicted octanol–water partition coefficient (Wildman–Crippen LogP) is 3.49. The molecule has 1 N–H and O–H groups in total. The lowest BCUT2D eigenvalue weighted by molar-refractivity contribution is -0.126. The molecule has 3 heterocycles. The summed E-state index contributed by atoms with van der Waals surface area (Å²) in [4.78, 5) is 31.0. The highest BCUT2D eigenvalue weighted by molar-refractivity contribution is 7.08. The number of hydrogen-bond acceptors (Lipinski definition) is 5. The molecule has 1 fully saturated rings. The standard InChI is InChI=1S/C22H21N3O3S/c1-28-20-4-2-19(3-5-20)25-13-18(9-21(25)26)22(27)24-11-15-8-17(12-23-10-15)16-6-7-29-14-16/h2-8,10,12,14,18H,9,11,13H2,1H3,(H,24,27)/t18-/m0/s1. The van der Waals surface area contributed by atoms with E-state index < -0.39 is 0 Å². The smallest absolute Gasteiger partial charge is 0.227 e. The molecule has 0 bridgehead atoms. The number of rotatable bonds is 6. The van der Waals surface area contributed by atoms with E-state index in [1.807, 2.05) is 48.0 Å². The fourth-order valence-corrected chi connectivity index (χ4v) is 4.06. The van der Waals surface area contributed by atoms with Crippen LogP contribution < -0.4 is 15.0 Å². The summed E-state index contributed by atoms with van der Waals surface area (Å²) in [6, 6.07) is 11.4. The van der Waals surface area contributed by atoms with Crippen LogP contribution in [-0.4, -0.2) is 30.5 Å². The summed E-state index contributed by atoms with van der Waals surface area (Å²) in [5, 5.41) is 7.04. The first-order valence-corrected chi connectivity index (χ1v) is 10.3. The summed E-state index contributed by atoms with van der Waals surface area (Å²) in [5.74, 6) is 0.206. The Hall–Kier alpha value is -3.19. The highest BCUT2D eigenvalue weighted by atomic mass is 32.1. The highest BCUT2D eigenvalue weighted by Gasteiger charge is 2.35. The molecule has 1 atom stereocenters. The van der Waals surface area contributed by atoms with Gasteiger partial charge in [-0.05, 0) is 58.3 Å². The van der Waals surface area contributed by atoms with Crippen LogP contribution in [0, 0.1) is 5.92 Å². The average molecular weight is 407 g/mol. The Morgan fingerprint density at radius 3 is 2.79 bits per heavy atom. The fourth-order valence-electron chi connectivity index (χ4n) is 3.40. The molecule has 2 aromatic heterocycles. The Morgan fingerprint density at radius 1 is 1.24 bits per heavy atom. The van der Waals surface area contributed by atoms with E-state index in [1.54, 1.807) is 29.5 Å². The Balaban J connectivity index is 1.37. The summed E-state index contributed by atoms with van der Waals surface area (Å²) in [7, 11) is 1.60. The molecule has 1 aliphatic rings. The van der Waals surface area contributed by atoms with E-state index in [4.69, 9.17) is 4.74 Å². The van der Waals surface area contributed by atoms with Crippen molar-refractivity contribution in [1.82, 2.24) is 10.3 Å². The molecule has 3 aromatic rings. The third-order valence-electron chi connectivity index (χ3n) is 5.00. The molecule has 0 saturated carbocycles. The number of ether oxygens (including phenoxy) is 1. The van der Waals surface area contributed by atoms with Gasteiger partial charge in [-0.2, -0.15) is 11.3 Å². The van der Waals surface area contributed by atoms with Crippen molar-refractivity contribution in [2.45, 2.75) is 13.0 Å². The number of hydrogen-bond donors (Lipinski definition) is 1. The zero-order valence-electron chi connectivity index (χ0n) is 16.0. The first-order valence-electron chi connectivity index (χ1n) is 9.32. The van der Waals surface area contributed by atoms with E-state index in [0.29, 0.717) is 13.1 Å². The van der Waals surface area contributed by atoms with Crippen LogP contribution in [0.15, 0.2) is 59.6 Å². The van der Waals surface area contributed by atoms with Gasteiger partial charge in [-0.1, -0.05) is 0 Å². The zero-order valence-corrected chi connectivity index (χ0v) is 16.8. The van der Waals surface area contributed by atoms with Crippen molar-refractivity contribution in [2.75, 3.05) is 18.6 Å². The second kappa shape index (κ2) is 8.45. The Bertz CT molecular complexity index is 1000. The van der Waals surface area contributed by atoms with Crippen molar-refractivity contribution in [3.05, 3.63) is 65.1 Å². The summed E-state index contributed by atoms with van der Waals surface area (Å²) >= 11 is 1.63. The molecule has 1 aliphatic heterocycles. The molecular weight excluding hydrogens is 386 g/mol. The largest absolute Gasteiger partial charge is 0.497 e. The van der Waals surface area contributed by atoms with Crippen LogP contribution in [0.25, 0.3) is 11.1 Å². The lowest BCUT2D eigenvalue weighted by Gasteiger charge is -2.17. The molecule has 0 spiro atoms. The maximum atomic E-state index is 12.6. The predicted molar refractivity (Wildman–Crippen MR) is 113 cm³/mol. The molecule has 0 unspecified atom stereocenters. The van der Waals surface area contributed by atoms with Crippen LogP contribution in [0.3, 0.4) is 0 Å². The topological polar surface area (TPSA) is 71.5 Å². The summed E-state index contributed by atoms with van der Waals surface area (Å²) in [6.07, 6.45) is 3.78.